The van der Waals surface area contributed by atoms with E-state index >= 15 is 0 Å². The van der Waals surface area contributed by atoms with Gasteiger partial charge in [0.1, 0.15) is 11.5 Å². The molecule has 7 nitrogen and oxygen atoms in total. The maximum absolute atomic E-state index is 12.4. The Labute approximate surface area is 238 Å². The summed E-state index contributed by atoms with van der Waals surface area (Å²) >= 11 is -2.14. The van der Waals surface area contributed by atoms with Gasteiger partial charge in [-0.2, -0.15) is 4.21 Å². The van der Waals surface area contributed by atoms with Gasteiger partial charge in [-0.05, 0) is 51.0 Å². The van der Waals surface area contributed by atoms with Gasteiger partial charge in [-0.3, -0.25) is 0 Å². The Morgan fingerprint density at radius 2 is 0.825 bits per heavy atom. The maximum Gasteiger partial charge on any atom is 0.309 e. The molecule has 4 atom stereocenters. The monoisotopic (exact) mass is 562 g/mol. The highest BCUT2D eigenvalue weighted by Gasteiger charge is 2.20. The zero-order chi connectivity index (χ0) is 28.3. The molecule has 0 saturated heterocycles. The van der Waals surface area contributed by atoms with E-state index in [9.17, 15) is 4.21 Å². The van der Waals surface area contributed by atoms with E-state index in [1.165, 1.54) is 0 Å². The van der Waals surface area contributed by atoms with Gasteiger partial charge in [0.2, 0.25) is 0 Å². The van der Waals surface area contributed by atoms with Crippen LogP contribution in [0.15, 0.2) is 109 Å². The molecule has 4 rings (SSSR count). The Balaban J connectivity index is 1.24. The topological polar surface area (TPSA) is 72.5 Å². The summed E-state index contributed by atoms with van der Waals surface area (Å²) in [5.74, 6) is 1.33. The highest BCUT2D eigenvalue weighted by molar-refractivity contribution is 7.75. The van der Waals surface area contributed by atoms with Crippen LogP contribution in [0.3, 0.4) is 0 Å². The molecule has 0 fully saturated rings. The molecule has 0 heterocycles. The van der Waals surface area contributed by atoms with E-state index in [2.05, 4.69) is 0 Å². The van der Waals surface area contributed by atoms with E-state index in [1.54, 1.807) is 27.7 Å². The molecule has 4 aromatic carbocycles. The lowest BCUT2D eigenvalue weighted by molar-refractivity contribution is -0.182. The number of rotatable bonds is 14. The lowest BCUT2D eigenvalue weighted by atomic mass is 10.1. The first-order valence-electron chi connectivity index (χ1n) is 13.1. The van der Waals surface area contributed by atoms with Crippen molar-refractivity contribution in [3.63, 3.8) is 0 Å². The third kappa shape index (κ3) is 8.74. The third-order valence-electron chi connectivity index (χ3n) is 5.72. The standard InChI is InChI=1S/C32H34O7S/c1-23(36-31-21-13-11-19-29(31)27-15-7-5-8-16-27)34-25(3)38-40(33)39-26(4)35-24(2)37-32-22-14-12-20-30(32)28-17-9-6-10-18-28/h5-26H,1-4H3. The van der Waals surface area contributed by atoms with Crippen molar-refractivity contribution in [2.75, 3.05) is 0 Å². The fourth-order valence-corrected chi connectivity index (χ4v) is 4.67. The van der Waals surface area contributed by atoms with Gasteiger partial charge in [-0.1, -0.05) is 97.1 Å². The Kier molecular flexibility index (Phi) is 10.9. The first kappa shape index (κ1) is 29.5. The average molecular weight is 563 g/mol. The zero-order valence-electron chi connectivity index (χ0n) is 23.0. The summed E-state index contributed by atoms with van der Waals surface area (Å²) in [6.45, 7) is 6.71. The molecule has 0 radical (unpaired) electrons. The second-order valence-corrected chi connectivity index (χ2v) is 9.69. The predicted octanol–water partition coefficient (Wildman–Crippen LogP) is 7.51. The number of ether oxygens (including phenoxy) is 4. The first-order valence-corrected chi connectivity index (χ1v) is 14.1. The molecular weight excluding hydrogens is 528 g/mol. The Morgan fingerprint density at radius 3 is 1.23 bits per heavy atom. The molecule has 0 aromatic heterocycles. The van der Waals surface area contributed by atoms with Crippen molar-refractivity contribution in [3.8, 4) is 33.8 Å². The van der Waals surface area contributed by atoms with Crippen molar-refractivity contribution in [2.24, 2.45) is 0 Å². The van der Waals surface area contributed by atoms with E-state index in [0.717, 1.165) is 22.3 Å². The summed E-state index contributed by atoms with van der Waals surface area (Å²) in [4.78, 5) is 0. The maximum atomic E-state index is 12.4. The predicted molar refractivity (Wildman–Crippen MR) is 155 cm³/mol. The normalized spacial score (nSPS) is 15.0. The lowest BCUT2D eigenvalue weighted by Gasteiger charge is -2.23. The highest BCUT2D eigenvalue weighted by Crippen LogP contribution is 2.31. The van der Waals surface area contributed by atoms with Crippen molar-refractivity contribution < 1.29 is 31.5 Å². The van der Waals surface area contributed by atoms with Crippen molar-refractivity contribution >= 4 is 11.4 Å². The molecule has 8 heteroatoms. The molecule has 0 aliphatic heterocycles. The van der Waals surface area contributed by atoms with Gasteiger partial charge >= 0.3 is 11.4 Å². The fraction of sp³-hybridized carbons (Fsp3) is 0.250. The highest BCUT2D eigenvalue weighted by atomic mass is 32.2. The van der Waals surface area contributed by atoms with Gasteiger partial charge in [0.25, 0.3) is 0 Å². The molecule has 0 amide bonds. The van der Waals surface area contributed by atoms with E-state index in [0.29, 0.717) is 11.5 Å². The summed E-state index contributed by atoms with van der Waals surface area (Å²) in [6, 6.07) is 35.2. The summed E-state index contributed by atoms with van der Waals surface area (Å²) in [6.07, 6.45) is -3.11. The summed E-state index contributed by atoms with van der Waals surface area (Å²) < 4.78 is 46.6. The van der Waals surface area contributed by atoms with Crippen LogP contribution in [0.5, 0.6) is 11.5 Å². The second-order valence-electron chi connectivity index (χ2n) is 8.90. The van der Waals surface area contributed by atoms with Crippen molar-refractivity contribution in [3.05, 3.63) is 109 Å². The van der Waals surface area contributed by atoms with E-state index < -0.39 is 36.5 Å². The number of para-hydroxylation sites is 2. The van der Waals surface area contributed by atoms with Crippen molar-refractivity contribution in [2.45, 2.75) is 52.9 Å². The van der Waals surface area contributed by atoms with Gasteiger partial charge in [-0.25, -0.2) is 8.37 Å². The van der Waals surface area contributed by atoms with Gasteiger partial charge in [-0.15, -0.1) is 0 Å². The molecule has 0 N–H and O–H groups in total. The Bertz CT molecular complexity index is 1250. The smallest absolute Gasteiger partial charge is 0.309 e. The van der Waals surface area contributed by atoms with Crippen LogP contribution >= 0.6 is 0 Å². The molecular formula is C32H34O7S. The van der Waals surface area contributed by atoms with Crippen LogP contribution < -0.4 is 9.47 Å². The number of hydrogen-bond acceptors (Lipinski definition) is 7. The van der Waals surface area contributed by atoms with Crippen molar-refractivity contribution in [1.82, 2.24) is 0 Å². The van der Waals surface area contributed by atoms with Crippen LogP contribution in [0.2, 0.25) is 0 Å². The SMILES string of the molecule is CC(Oc1ccccc1-c1ccccc1)OC(C)OS(=O)OC(C)OC(C)Oc1ccccc1-c1ccccc1. The summed E-state index contributed by atoms with van der Waals surface area (Å²) in [5, 5.41) is 0. The molecule has 0 spiro atoms. The van der Waals surface area contributed by atoms with E-state index in [-0.39, 0.29) is 0 Å². The molecule has 210 valence electrons. The van der Waals surface area contributed by atoms with Gasteiger partial charge < -0.3 is 18.9 Å². The van der Waals surface area contributed by atoms with Crippen LogP contribution in [0.4, 0.5) is 0 Å². The minimum atomic E-state index is -2.14. The van der Waals surface area contributed by atoms with Crippen LogP contribution in [0.25, 0.3) is 22.3 Å². The van der Waals surface area contributed by atoms with Crippen LogP contribution in [-0.4, -0.2) is 29.4 Å². The first-order chi connectivity index (χ1) is 19.4. The Hall–Kier alpha value is -3.53. The van der Waals surface area contributed by atoms with Gasteiger partial charge in [0.15, 0.2) is 25.2 Å². The minimum absolute atomic E-state index is 0.663. The van der Waals surface area contributed by atoms with Crippen LogP contribution in [-0.2, 0) is 29.2 Å². The lowest BCUT2D eigenvalue weighted by Crippen LogP contribution is -2.28. The quantitative estimate of drug-likeness (QED) is 0.147. The zero-order valence-corrected chi connectivity index (χ0v) is 23.8. The minimum Gasteiger partial charge on any atom is -0.465 e. The Morgan fingerprint density at radius 1 is 0.475 bits per heavy atom. The average Bonchev–Trinajstić information content (AvgIpc) is 2.94. The molecule has 0 aliphatic rings. The molecule has 0 saturated carbocycles. The molecule has 4 aromatic rings. The molecule has 0 bridgehead atoms. The van der Waals surface area contributed by atoms with Crippen molar-refractivity contribution in [1.29, 1.82) is 0 Å². The number of benzene rings is 4. The summed E-state index contributed by atoms with van der Waals surface area (Å²) in [5.41, 5.74) is 3.93. The number of hydrogen-bond donors (Lipinski definition) is 0. The molecule has 40 heavy (non-hydrogen) atoms. The molecule has 4 unspecified atom stereocenters. The van der Waals surface area contributed by atoms with Gasteiger partial charge in [0, 0.05) is 11.1 Å². The second kappa shape index (κ2) is 14.7. The van der Waals surface area contributed by atoms with Gasteiger partial charge in [0.05, 0.1) is 0 Å². The largest absolute Gasteiger partial charge is 0.465 e. The third-order valence-corrected chi connectivity index (χ3v) is 6.58. The summed E-state index contributed by atoms with van der Waals surface area (Å²) in [7, 11) is 0. The molecule has 0 aliphatic carbocycles. The van der Waals surface area contributed by atoms with E-state index in [1.807, 2.05) is 109 Å². The fourth-order valence-electron chi connectivity index (χ4n) is 4.09. The van der Waals surface area contributed by atoms with Crippen LogP contribution in [0, 0.1) is 0 Å². The van der Waals surface area contributed by atoms with Crippen LogP contribution in [0.1, 0.15) is 27.7 Å². The van der Waals surface area contributed by atoms with E-state index in [4.69, 9.17) is 27.3 Å².